The van der Waals surface area contributed by atoms with Crippen LogP contribution in [0, 0.1) is 0 Å². The predicted octanol–water partition coefficient (Wildman–Crippen LogP) is 4.17. The molecule has 0 radical (unpaired) electrons. The van der Waals surface area contributed by atoms with Crippen molar-refractivity contribution in [3.63, 3.8) is 0 Å². The first-order valence-electron chi connectivity index (χ1n) is 11.4. The zero-order valence-electron chi connectivity index (χ0n) is 19.3. The van der Waals surface area contributed by atoms with Gasteiger partial charge in [-0.3, -0.25) is 0 Å². The van der Waals surface area contributed by atoms with E-state index >= 15 is 0 Å². The molecule has 2 aliphatic heterocycles. The van der Waals surface area contributed by atoms with Crippen molar-refractivity contribution in [3.8, 4) is 11.5 Å². The SMILES string of the molecule is COc1cc2nc(N3CCC(F)(F)CC3)nc(NC3CCN(C(C)C)CC3)c2cc1OC. The first-order valence-corrected chi connectivity index (χ1v) is 11.4. The number of fused-ring (bicyclic) bond motifs is 1. The topological polar surface area (TPSA) is 62.8 Å². The molecule has 176 valence electrons. The average molecular weight is 450 g/mol. The van der Waals surface area contributed by atoms with Crippen LogP contribution >= 0.6 is 0 Å². The number of nitrogens with one attached hydrogen (secondary N) is 1. The van der Waals surface area contributed by atoms with Gasteiger partial charge in [-0.15, -0.1) is 0 Å². The second kappa shape index (κ2) is 9.21. The summed E-state index contributed by atoms with van der Waals surface area (Å²) in [6, 6.07) is 4.53. The summed E-state index contributed by atoms with van der Waals surface area (Å²) in [6.45, 7) is 6.97. The molecule has 1 N–H and O–H groups in total. The van der Waals surface area contributed by atoms with Crippen molar-refractivity contribution >= 4 is 22.7 Å². The summed E-state index contributed by atoms with van der Waals surface area (Å²) in [4.78, 5) is 13.8. The molecule has 32 heavy (non-hydrogen) atoms. The third-order valence-electron chi connectivity index (χ3n) is 6.57. The molecule has 0 unspecified atom stereocenters. The van der Waals surface area contributed by atoms with Crippen LogP contribution < -0.4 is 19.7 Å². The van der Waals surface area contributed by atoms with Gasteiger partial charge in [0, 0.05) is 62.6 Å². The number of aromatic nitrogens is 2. The molecule has 1 aromatic heterocycles. The van der Waals surface area contributed by atoms with Crippen molar-refractivity contribution in [3.05, 3.63) is 12.1 Å². The standard InChI is InChI=1S/C23H33F2N5O2/c1-15(2)29-9-5-16(6-10-29)26-21-17-13-19(31-3)20(32-4)14-18(17)27-22(28-21)30-11-7-23(24,25)8-12-30/h13-16H,5-12H2,1-4H3,(H,26,27,28). The van der Waals surface area contributed by atoms with E-state index in [9.17, 15) is 8.78 Å². The van der Waals surface area contributed by atoms with Gasteiger partial charge in [-0.25, -0.2) is 13.8 Å². The van der Waals surface area contributed by atoms with Gasteiger partial charge in [0.1, 0.15) is 5.82 Å². The number of hydrogen-bond acceptors (Lipinski definition) is 7. The Morgan fingerprint density at radius 1 is 1.00 bits per heavy atom. The number of nitrogens with zero attached hydrogens (tertiary/aromatic N) is 4. The number of anilines is 2. The van der Waals surface area contributed by atoms with Crippen LogP contribution in [0.25, 0.3) is 10.9 Å². The third kappa shape index (κ3) is 4.82. The van der Waals surface area contributed by atoms with Gasteiger partial charge in [0.15, 0.2) is 11.5 Å². The van der Waals surface area contributed by atoms with Gasteiger partial charge in [0.2, 0.25) is 5.95 Å². The minimum atomic E-state index is -2.62. The maximum Gasteiger partial charge on any atom is 0.251 e. The lowest BCUT2D eigenvalue weighted by molar-refractivity contribution is -0.0222. The Kier molecular flexibility index (Phi) is 6.55. The zero-order valence-corrected chi connectivity index (χ0v) is 19.3. The van der Waals surface area contributed by atoms with E-state index in [1.807, 2.05) is 17.0 Å². The van der Waals surface area contributed by atoms with Crippen molar-refractivity contribution in [1.82, 2.24) is 14.9 Å². The number of alkyl halides is 2. The minimum Gasteiger partial charge on any atom is -0.493 e. The zero-order chi connectivity index (χ0) is 22.9. The number of methoxy groups -OCH3 is 2. The smallest absolute Gasteiger partial charge is 0.251 e. The molecule has 0 aliphatic carbocycles. The minimum absolute atomic E-state index is 0.184. The summed E-state index contributed by atoms with van der Waals surface area (Å²) in [5.41, 5.74) is 0.701. The van der Waals surface area contributed by atoms with Crippen molar-refractivity contribution in [2.24, 2.45) is 0 Å². The van der Waals surface area contributed by atoms with E-state index in [2.05, 4.69) is 24.1 Å². The van der Waals surface area contributed by atoms with Gasteiger partial charge in [0.25, 0.3) is 5.92 Å². The van der Waals surface area contributed by atoms with Crippen LogP contribution in [0.4, 0.5) is 20.5 Å². The maximum absolute atomic E-state index is 13.7. The van der Waals surface area contributed by atoms with Gasteiger partial charge in [0.05, 0.1) is 19.7 Å². The third-order valence-corrected chi connectivity index (χ3v) is 6.57. The average Bonchev–Trinajstić information content (AvgIpc) is 2.78. The highest BCUT2D eigenvalue weighted by molar-refractivity contribution is 5.93. The van der Waals surface area contributed by atoms with Crippen LogP contribution in [0.3, 0.4) is 0 Å². The molecule has 2 aromatic rings. The fourth-order valence-electron chi connectivity index (χ4n) is 4.48. The van der Waals surface area contributed by atoms with Crippen LogP contribution in [0.5, 0.6) is 11.5 Å². The molecule has 0 spiro atoms. The number of piperidine rings is 2. The molecule has 1 aromatic carbocycles. The maximum atomic E-state index is 13.7. The number of hydrogen-bond donors (Lipinski definition) is 1. The van der Waals surface area contributed by atoms with Crippen LogP contribution in [0.1, 0.15) is 39.5 Å². The Bertz CT molecular complexity index is 938. The fourth-order valence-corrected chi connectivity index (χ4v) is 4.48. The molecular weight excluding hydrogens is 416 g/mol. The van der Waals surface area contributed by atoms with Gasteiger partial charge < -0.3 is 24.6 Å². The summed E-state index contributed by atoms with van der Waals surface area (Å²) in [5.74, 6) is -0.249. The largest absolute Gasteiger partial charge is 0.493 e. The van der Waals surface area contributed by atoms with E-state index < -0.39 is 5.92 Å². The molecule has 0 atom stereocenters. The summed E-state index contributed by atoms with van der Waals surface area (Å²) < 4.78 is 38.3. The Balaban J connectivity index is 1.67. The van der Waals surface area contributed by atoms with Crippen LogP contribution in [-0.2, 0) is 0 Å². The van der Waals surface area contributed by atoms with Gasteiger partial charge in [-0.05, 0) is 32.8 Å². The van der Waals surface area contributed by atoms with Crippen LogP contribution in [0.15, 0.2) is 12.1 Å². The molecular formula is C23H33F2N5O2. The van der Waals surface area contributed by atoms with E-state index in [-0.39, 0.29) is 32.0 Å². The van der Waals surface area contributed by atoms with E-state index in [0.717, 1.165) is 31.3 Å². The molecule has 2 fully saturated rings. The lowest BCUT2D eigenvalue weighted by Gasteiger charge is -2.35. The number of ether oxygens (including phenoxy) is 2. The normalized spacial score (nSPS) is 20.0. The Morgan fingerprint density at radius 3 is 2.22 bits per heavy atom. The molecule has 7 nitrogen and oxygen atoms in total. The number of likely N-dealkylation sites (tertiary alicyclic amines) is 1. The second-order valence-corrected chi connectivity index (χ2v) is 8.99. The highest BCUT2D eigenvalue weighted by Crippen LogP contribution is 2.37. The molecule has 2 aliphatic rings. The number of benzene rings is 1. The molecule has 0 bridgehead atoms. The molecule has 0 amide bonds. The lowest BCUT2D eigenvalue weighted by Crippen LogP contribution is -2.42. The van der Waals surface area contributed by atoms with Crippen molar-refractivity contribution in [2.45, 2.75) is 57.5 Å². The fraction of sp³-hybridized carbons (Fsp3) is 0.652. The first kappa shape index (κ1) is 22.8. The van der Waals surface area contributed by atoms with Crippen molar-refractivity contribution < 1.29 is 18.3 Å². The second-order valence-electron chi connectivity index (χ2n) is 8.99. The van der Waals surface area contributed by atoms with Crippen LogP contribution in [0.2, 0.25) is 0 Å². The molecule has 3 heterocycles. The molecule has 9 heteroatoms. The molecule has 4 rings (SSSR count). The van der Waals surface area contributed by atoms with Crippen LogP contribution in [-0.4, -0.2) is 73.3 Å². The predicted molar refractivity (Wildman–Crippen MR) is 122 cm³/mol. The first-order chi connectivity index (χ1) is 15.3. The Labute approximate surface area is 188 Å². The van der Waals surface area contributed by atoms with Gasteiger partial charge in [-0.2, -0.15) is 4.98 Å². The Morgan fingerprint density at radius 2 is 1.62 bits per heavy atom. The van der Waals surface area contributed by atoms with E-state index in [1.165, 1.54) is 0 Å². The molecule has 0 saturated carbocycles. The van der Waals surface area contributed by atoms with E-state index in [1.54, 1.807) is 14.2 Å². The van der Waals surface area contributed by atoms with Crippen molar-refractivity contribution in [1.29, 1.82) is 0 Å². The monoisotopic (exact) mass is 449 g/mol. The lowest BCUT2D eigenvalue weighted by atomic mass is 10.0. The summed E-state index contributed by atoms with van der Waals surface area (Å²) in [5, 5.41) is 4.45. The van der Waals surface area contributed by atoms with Gasteiger partial charge >= 0.3 is 0 Å². The van der Waals surface area contributed by atoms with E-state index in [4.69, 9.17) is 19.4 Å². The highest BCUT2D eigenvalue weighted by Gasteiger charge is 2.35. The number of halogens is 2. The van der Waals surface area contributed by atoms with Crippen molar-refractivity contribution in [2.75, 3.05) is 50.6 Å². The summed E-state index contributed by atoms with van der Waals surface area (Å²) in [6.07, 6.45) is 1.66. The summed E-state index contributed by atoms with van der Waals surface area (Å²) in [7, 11) is 3.18. The highest BCUT2D eigenvalue weighted by atomic mass is 19.3. The summed E-state index contributed by atoms with van der Waals surface area (Å²) >= 11 is 0. The quantitative estimate of drug-likeness (QED) is 0.710. The van der Waals surface area contributed by atoms with E-state index in [0.29, 0.717) is 34.8 Å². The van der Waals surface area contributed by atoms with Gasteiger partial charge in [-0.1, -0.05) is 0 Å². The number of rotatable bonds is 6. The Hall–Kier alpha value is -2.42. The molecule has 2 saturated heterocycles.